The molecule has 2 rings (SSSR count). The summed E-state index contributed by atoms with van der Waals surface area (Å²) >= 11 is 7.60. The summed E-state index contributed by atoms with van der Waals surface area (Å²) in [5.74, 6) is -0.499. The van der Waals surface area contributed by atoms with Gasteiger partial charge in [0.2, 0.25) is 0 Å². The molecular formula is C11H8ClF4IN2. The fourth-order valence-corrected chi connectivity index (χ4v) is 2.41. The van der Waals surface area contributed by atoms with Crippen LogP contribution in [-0.2, 0) is 6.54 Å². The van der Waals surface area contributed by atoms with Crippen LogP contribution in [0.4, 0.5) is 17.6 Å². The molecule has 0 spiro atoms. The number of hydrogen-bond donors (Lipinski definition) is 0. The van der Waals surface area contributed by atoms with Gasteiger partial charge in [-0.05, 0) is 35.6 Å². The zero-order valence-electron chi connectivity index (χ0n) is 9.60. The van der Waals surface area contributed by atoms with Gasteiger partial charge in [0.25, 0.3) is 0 Å². The summed E-state index contributed by atoms with van der Waals surface area (Å²) in [6, 6.07) is 2.46. The zero-order chi connectivity index (χ0) is 14.4. The Kier molecular flexibility index (Phi) is 3.97. The highest BCUT2D eigenvalue weighted by Gasteiger charge is 2.31. The number of fused-ring (bicyclic) bond motifs is 1. The number of hydrogen-bond acceptors (Lipinski definition) is 1. The number of imidazole rings is 1. The first kappa shape index (κ1) is 14.8. The van der Waals surface area contributed by atoms with Crippen molar-refractivity contribution in [3.63, 3.8) is 0 Å². The Morgan fingerprint density at radius 1 is 1.42 bits per heavy atom. The number of nitrogens with zero attached hydrogens (tertiary/aromatic N) is 2. The minimum Gasteiger partial charge on any atom is -0.317 e. The fourth-order valence-electron chi connectivity index (χ4n) is 1.79. The molecule has 2 aromatic rings. The molecule has 19 heavy (non-hydrogen) atoms. The number of aromatic nitrogens is 2. The largest absolute Gasteiger partial charge is 0.406 e. The molecule has 2 nitrogen and oxygen atoms in total. The van der Waals surface area contributed by atoms with E-state index in [-0.39, 0.29) is 11.3 Å². The highest BCUT2D eigenvalue weighted by Crippen LogP contribution is 2.30. The Morgan fingerprint density at radius 2 is 2.05 bits per heavy atom. The predicted octanol–water partition coefficient (Wildman–Crippen LogP) is 4.64. The summed E-state index contributed by atoms with van der Waals surface area (Å²) in [7, 11) is 0. The van der Waals surface area contributed by atoms with Gasteiger partial charge in [-0.3, -0.25) is 0 Å². The van der Waals surface area contributed by atoms with E-state index in [1.807, 2.05) is 0 Å². The van der Waals surface area contributed by atoms with Crippen molar-refractivity contribution in [2.45, 2.75) is 25.0 Å². The van der Waals surface area contributed by atoms with Crippen LogP contribution in [0.2, 0.25) is 0 Å². The van der Waals surface area contributed by atoms with Crippen LogP contribution in [0.5, 0.6) is 0 Å². The third-order valence-corrected chi connectivity index (χ3v) is 3.53. The molecule has 8 heteroatoms. The second-order valence-electron chi connectivity index (χ2n) is 4.04. The molecule has 0 aliphatic carbocycles. The number of benzene rings is 1. The quantitative estimate of drug-likeness (QED) is 0.404. The van der Waals surface area contributed by atoms with Gasteiger partial charge in [0.15, 0.2) is 0 Å². The lowest BCUT2D eigenvalue weighted by atomic mass is 10.3. The van der Waals surface area contributed by atoms with Crippen LogP contribution in [0, 0.1) is 9.39 Å². The smallest absolute Gasteiger partial charge is 0.317 e. The maximum atomic E-state index is 13.5. The summed E-state index contributed by atoms with van der Waals surface area (Å²) in [5.41, 5.74) is 0.398. The highest BCUT2D eigenvalue weighted by atomic mass is 127. The average Bonchev–Trinajstić information content (AvgIpc) is 2.56. The summed E-state index contributed by atoms with van der Waals surface area (Å²) in [6.07, 6.45) is -4.42. The van der Waals surface area contributed by atoms with E-state index < -0.39 is 23.9 Å². The first-order valence-corrected chi connectivity index (χ1v) is 6.76. The van der Waals surface area contributed by atoms with Crippen molar-refractivity contribution < 1.29 is 17.6 Å². The Balaban J connectivity index is 2.69. The lowest BCUT2D eigenvalue weighted by molar-refractivity contribution is -0.140. The van der Waals surface area contributed by atoms with E-state index in [9.17, 15) is 17.6 Å². The van der Waals surface area contributed by atoms with E-state index >= 15 is 0 Å². The maximum Gasteiger partial charge on any atom is 0.406 e. The van der Waals surface area contributed by atoms with Gasteiger partial charge in [-0.15, -0.1) is 11.6 Å². The van der Waals surface area contributed by atoms with Gasteiger partial charge in [-0.2, -0.15) is 13.2 Å². The third-order valence-electron chi connectivity index (χ3n) is 2.51. The van der Waals surface area contributed by atoms with E-state index in [2.05, 4.69) is 4.98 Å². The number of rotatable bonds is 2. The Morgan fingerprint density at radius 3 is 2.58 bits per heavy atom. The van der Waals surface area contributed by atoms with E-state index in [0.29, 0.717) is 9.09 Å². The van der Waals surface area contributed by atoms with Crippen molar-refractivity contribution >= 4 is 45.2 Å². The lowest BCUT2D eigenvalue weighted by Gasteiger charge is -2.12. The van der Waals surface area contributed by atoms with Crippen LogP contribution in [0.25, 0.3) is 11.0 Å². The molecule has 0 amide bonds. The van der Waals surface area contributed by atoms with Crippen molar-refractivity contribution in [1.82, 2.24) is 9.55 Å². The lowest BCUT2D eigenvalue weighted by Crippen LogP contribution is -2.19. The van der Waals surface area contributed by atoms with Crippen molar-refractivity contribution in [1.29, 1.82) is 0 Å². The second-order valence-corrected chi connectivity index (χ2v) is 5.86. The van der Waals surface area contributed by atoms with Crippen LogP contribution in [0.3, 0.4) is 0 Å². The molecule has 0 bridgehead atoms. The summed E-state index contributed by atoms with van der Waals surface area (Å²) < 4.78 is 52.5. The molecular weight excluding hydrogens is 398 g/mol. The van der Waals surface area contributed by atoms with E-state index in [1.54, 1.807) is 22.6 Å². The molecule has 0 radical (unpaired) electrons. The summed E-state index contributed by atoms with van der Waals surface area (Å²) in [5, 5.41) is -0.699. The molecule has 0 saturated heterocycles. The predicted molar refractivity (Wildman–Crippen MR) is 72.7 cm³/mol. The van der Waals surface area contributed by atoms with Crippen LogP contribution in [0.1, 0.15) is 18.1 Å². The van der Waals surface area contributed by atoms with Crippen LogP contribution >= 0.6 is 34.2 Å². The zero-order valence-corrected chi connectivity index (χ0v) is 12.5. The monoisotopic (exact) mass is 406 g/mol. The molecule has 1 heterocycles. The Bertz CT molecular complexity index is 621. The van der Waals surface area contributed by atoms with Crippen molar-refractivity contribution in [2.75, 3.05) is 0 Å². The minimum atomic E-state index is -4.42. The standard InChI is InChI=1S/C11H8ClF4IN2/c1-5(12)10-18-8-3-7(17)6(13)2-9(8)19(10)4-11(14,15)16/h2-3,5H,4H2,1H3. The van der Waals surface area contributed by atoms with E-state index in [4.69, 9.17) is 11.6 Å². The molecule has 0 saturated carbocycles. The topological polar surface area (TPSA) is 17.8 Å². The Labute approximate surface area is 124 Å². The van der Waals surface area contributed by atoms with Gasteiger partial charge in [0.1, 0.15) is 18.2 Å². The molecule has 1 aromatic carbocycles. The van der Waals surface area contributed by atoms with Crippen molar-refractivity contribution in [3.05, 3.63) is 27.3 Å². The SMILES string of the molecule is CC(Cl)c1nc2cc(I)c(F)cc2n1CC(F)(F)F. The van der Waals surface area contributed by atoms with Crippen LogP contribution < -0.4 is 0 Å². The molecule has 1 unspecified atom stereocenters. The van der Waals surface area contributed by atoms with Crippen molar-refractivity contribution in [3.8, 4) is 0 Å². The van der Waals surface area contributed by atoms with Gasteiger partial charge >= 0.3 is 6.18 Å². The van der Waals surface area contributed by atoms with Crippen molar-refractivity contribution in [2.24, 2.45) is 0 Å². The van der Waals surface area contributed by atoms with Crippen LogP contribution in [-0.4, -0.2) is 15.7 Å². The summed E-state index contributed by atoms with van der Waals surface area (Å²) in [6.45, 7) is 0.285. The van der Waals surface area contributed by atoms with Gasteiger partial charge < -0.3 is 4.57 Å². The molecule has 104 valence electrons. The van der Waals surface area contributed by atoms with E-state index in [1.165, 1.54) is 13.0 Å². The molecule has 0 aliphatic heterocycles. The van der Waals surface area contributed by atoms with Crippen LogP contribution in [0.15, 0.2) is 12.1 Å². The van der Waals surface area contributed by atoms with Gasteiger partial charge in [-0.25, -0.2) is 9.37 Å². The normalized spacial score (nSPS) is 14.1. The van der Waals surface area contributed by atoms with Gasteiger partial charge in [0, 0.05) is 6.07 Å². The molecule has 0 fully saturated rings. The van der Waals surface area contributed by atoms with E-state index in [0.717, 1.165) is 10.6 Å². The highest BCUT2D eigenvalue weighted by molar-refractivity contribution is 14.1. The first-order chi connectivity index (χ1) is 8.69. The first-order valence-electron chi connectivity index (χ1n) is 5.25. The summed E-state index contributed by atoms with van der Waals surface area (Å²) in [4.78, 5) is 4.06. The second kappa shape index (κ2) is 5.08. The molecule has 0 N–H and O–H groups in total. The average molecular weight is 407 g/mol. The molecule has 1 atom stereocenters. The van der Waals surface area contributed by atoms with Gasteiger partial charge in [0.05, 0.1) is 20.0 Å². The number of halogens is 6. The third kappa shape index (κ3) is 3.13. The molecule has 0 aliphatic rings. The van der Waals surface area contributed by atoms with Gasteiger partial charge in [-0.1, -0.05) is 0 Å². The maximum absolute atomic E-state index is 13.5. The Hall–Kier alpha value is -0.570. The fraction of sp³-hybridized carbons (Fsp3) is 0.364. The minimum absolute atomic E-state index is 0.0791. The molecule has 1 aromatic heterocycles. The number of alkyl halides is 4.